The Kier molecular flexibility index (Phi) is 4.86. The predicted molar refractivity (Wildman–Crippen MR) is 59.5 cm³/mol. The second-order valence-corrected chi connectivity index (χ2v) is 3.96. The van der Waals surface area contributed by atoms with E-state index < -0.39 is 12.5 Å². The van der Waals surface area contributed by atoms with E-state index in [-0.39, 0.29) is 6.42 Å². The Bertz CT molecular complexity index is 308. The van der Waals surface area contributed by atoms with Crippen molar-refractivity contribution >= 4 is 0 Å². The summed E-state index contributed by atoms with van der Waals surface area (Å²) in [6.45, 7) is 4.17. The first-order valence-corrected chi connectivity index (χ1v) is 5.66. The average molecular weight is 231 g/mol. The van der Waals surface area contributed by atoms with Gasteiger partial charge >= 0.3 is 0 Å². The molecule has 0 aliphatic heterocycles. The number of aromatic nitrogens is 2. The van der Waals surface area contributed by atoms with Gasteiger partial charge in [0, 0.05) is 12.6 Å². The van der Waals surface area contributed by atoms with E-state index in [1.54, 1.807) is 6.07 Å². The fraction of sp³-hybridized carbons (Fsp3) is 0.727. The minimum absolute atomic E-state index is 0.130. The van der Waals surface area contributed by atoms with Crippen LogP contribution in [0.4, 0.5) is 8.78 Å². The lowest BCUT2D eigenvalue weighted by Gasteiger charge is -2.13. The minimum Gasteiger partial charge on any atom is -0.323 e. The Labute approximate surface area is 94.6 Å². The highest BCUT2D eigenvalue weighted by molar-refractivity contribution is 5.02. The van der Waals surface area contributed by atoms with E-state index in [1.807, 2.05) is 10.9 Å². The summed E-state index contributed by atoms with van der Waals surface area (Å²) in [4.78, 5) is 0. The molecule has 1 unspecified atom stereocenters. The number of rotatable bonds is 6. The smallest absolute Gasteiger partial charge is 0.253 e. The highest BCUT2D eigenvalue weighted by atomic mass is 19.3. The number of hydrogen-bond donors (Lipinski definition) is 1. The van der Waals surface area contributed by atoms with E-state index in [2.05, 4.69) is 18.9 Å². The molecular weight excluding hydrogens is 212 g/mol. The van der Waals surface area contributed by atoms with Crippen LogP contribution in [0.5, 0.6) is 0 Å². The van der Waals surface area contributed by atoms with Crippen LogP contribution < -0.4 is 5.73 Å². The Balaban J connectivity index is 2.64. The van der Waals surface area contributed by atoms with Crippen molar-refractivity contribution in [1.29, 1.82) is 0 Å². The second-order valence-electron chi connectivity index (χ2n) is 3.96. The highest BCUT2D eigenvalue weighted by Gasteiger charge is 2.17. The van der Waals surface area contributed by atoms with Crippen LogP contribution >= 0.6 is 0 Å². The quantitative estimate of drug-likeness (QED) is 0.816. The molecule has 0 aliphatic carbocycles. The molecule has 0 radical (unpaired) electrons. The second kappa shape index (κ2) is 5.94. The van der Waals surface area contributed by atoms with Crippen LogP contribution in [0, 0.1) is 0 Å². The molecule has 1 rings (SSSR count). The molecule has 1 aromatic rings. The van der Waals surface area contributed by atoms with E-state index in [0.29, 0.717) is 11.7 Å². The molecule has 0 bridgehead atoms. The van der Waals surface area contributed by atoms with Crippen molar-refractivity contribution < 1.29 is 8.78 Å². The van der Waals surface area contributed by atoms with Crippen molar-refractivity contribution in [2.75, 3.05) is 0 Å². The van der Waals surface area contributed by atoms with Crippen molar-refractivity contribution in [2.45, 2.75) is 51.6 Å². The standard InChI is InChI=1S/C11H19F2N3/c1-3-9(4-2)16-6-5-8(15-16)7-10(14)11(12)13/h5-6,9-11H,3-4,7,14H2,1-2H3. The molecular formula is C11H19F2N3. The van der Waals surface area contributed by atoms with E-state index in [1.165, 1.54) is 0 Å². The number of hydrogen-bond acceptors (Lipinski definition) is 2. The molecule has 0 fully saturated rings. The number of nitrogens with two attached hydrogens (primary N) is 1. The summed E-state index contributed by atoms with van der Waals surface area (Å²) in [6, 6.07) is 0.988. The molecule has 0 saturated carbocycles. The van der Waals surface area contributed by atoms with E-state index in [4.69, 9.17) is 5.73 Å². The van der Waals surface area contributed by atoms with Gasteiger partial charge in [-0.1, -0.05) is 13.8 Å². The van der Waals surface area contributed by atoms with Crippen LogP contribution in [0.25, 0.3) is 0 Å². The van der Waals surface area contributed by atoms with E-state index >= 15 is 0 Å². The maximum Gasteiger partial charge on any atom is 0.253 e. The minimum atomic E-state index is -2.49. The van der Waals surface area contributed by atoms with Gasteiger partial charge in [0.2, 0.25) is 0 Å². The number of nitrogens with zero attached hydrogens (tertiary/aromatic N) is 2. The Morgan fingerprint density at radius 2 is 2.00 bits per heavy atom. The summed E-state index contributed by atoms with van der Waals surface area (Å²) >= 11 is 0. The maximum absolute atomic E-state index is 12.3. The van der Waals surface area contributed by atoms with Gasteiger partial charge in [0.25, 0.3) is 6.43 Å². The number of halogens is 2. The van der Waals surface area contributed by atoms with Crippen molar-refractivity contribution in [3.05, 3.63) is 18.0 Å². The zero-order chi connectivity index (χ0) is 12.1. The molecule has 92 valence electrons. The SMILES string of the molecule is CCC(CC)n1ccc(CC(N)C(F)F)n1. The Morgan fingerprint density at radius 3 is 2.50 bits per heavy atom. The normalized spacial score (nSPS) is 13.7. The number of alkyl halides is 2. The molecule has 1 atom stereocenters. The first-order chi connectivity index (χ1) is 7.58. The molecule has 0 amide bonds. The van der Waals surface area contributed by atoms with Crippen LogP contribution in [0.2, 0.25) is 0 Å². The van der Waals surface area contributed by atoms with Gasteiger partial charge in [-0.25, -0.2) is 8.78 Å². The van der Waals surface area contributed by atoms with Crippen molar-refractivity contribution in [2.24, 2.45) is 5.73 Å². The molecule has 5 heteroatoms. The Morgan fingerprint density at radius 1 is 1.38 bits per heavy atom. The topological polar surface area (TPSA) is 43.8 Å². The third kappa shape index (κ3) is 3.27. The summed E-state index contributed by atoms with van der Waals surface area (Å²) in [5, 5.41) is 4.28. The van der Waals surface area contributed by atoms with Gasteiger partial charge in [0.15, 0.2) is 0 Å². The van der Waals surface area contributed by atoms with E-state index in [9.17, 15) is 8.78 Å². The van der Waals surface area contributed by atoms with Crippen molar-refractivity contribution in [1.82, 2.24) is 9.78 Å². The van der Waals surface area contributed by atoms with Gasteiger partial charge in [-0.15, -0.1) is 0 Å². The van der Waals surface area contributed by atoms with Crippen LogP contribution in [0.1, 0.15) is 38.4 Å². The third-order valence-corrected chi connectivity index (χ3v) is 2.75. The summed E-state index contributed by atoms with van der Waals surface area (Å²) in [7, 11) is 0. The summed E-state index contributed by atoms with van der Waals surface area (Å²) in [5.41, 5.74) is 5.94. The molecule has 0 aromatic carbocycles. The Hall–Kier alpha value is -0.970. The molecule has 2 N–H and O–H groups in total. The average Bonchev–Trinajstić information content (AvgIpc) is 2.68. The van der Waals surface area contributed by atoms with Crippen LogP contribution in [-0.2, 0) is 6.42 Å². The van der Waals surface area contributed by atoms with Crippen LogP contribution in [0.15, 0.2) is 12.3 Å². The summed E-state index contributed by atoms with van der Waals surface area (Å²) in [5.74, 6) is 0. The van der Waals surface area contributed by atoms with E-state index in [0.717, 1.165) is 12.8 Å². The summed E-state index contributed by atoms with van der Waals surface area (Å²) in [6.07, 6.45) is 1.45. The van der Waals surface area contributed by atoms with Gasteiger partial charge in [-0.05, 0) is 18.9 Å². The third-order valence-electron chi connectivity index (χ3n) is 2.75. The summed E-state index contributed by atoms with van der Waals surface area (Å²) < 4.78 is 26.3. The predicted octanol–water partition coefficient (Wildman–Crippen LogP) is 2.38. The van der Waals surface area contributed by atoms with Crippen molar-refractivity contribution in [3.63, 3.8) is 0 Å². The molecule has 0 aliphatic rings. The molecule has 1 heterocycles. The molecule has 3 nitrogen and oxygen atoms in total. The zero-order valence-corrected chi connectivity index (χ0v) is 9.74. The van der Waals surface area contributed by atoms with Gasteiger partial charge < -0.3 is 5.73 Å². The molecule has 0 saturated heterocycles. The first-order valence-electron chi connectivity index (χ1n) is 5.66. The highest BCUT2D eigenvalue weighted by Crippen LogP contribution is 2.15. The van der Waals surface area contributed by atoms with Gasteiger partial charge in [-0.2, -0.15) is 5.10 Å². The fourth-order valence-corrected chi connectivity index (χ4v) is 1.68. The lowest BCUT2D eigenvalue weighted by Crippen LogP contribution is -2.31. The lowest BCUT2D eigenvalue weighted by molar-refractivity contribution is 0.115. The van der Waals surface area contributed by atoms with Crippen LogP contribution in [0.3, 0.4) is 0 Å². The maximum atomic E-state index is 12.3. The monoisotopic (exact) mass is 231 g/mol. The van der Waals surface area contributed by atoms with Gasteiger partial charge in [0.1, 0.15) is 0 Å². The largest absolute Gasteiger partial charge is 0.323 e. The molecule has 1 aromatic heterocycles. The fourth-order valence-electron chi connectivity index (χ4n) is 1.68. The van der Waals surface area contributed by atoms with Crippen LogP contribution in [-0.4, -0.2) is 22.2 Å². The van der Waals surface area contributed by atoms with Crippen molar-refractivity contribution in [3.8, 4) is 0 Å². The van der Waals surface area contributed by atoms with Gasteiger partial charge in [0.05, 0.1) is 17.8 Å². The molecule has 16 heavy (non-hydrogen) atoms. The lowest BCUT2D eigenvalue weighted by atomic mass is 10.2. The first kappa shape index (κ1) is 13.1. The molecule has 0 spiro atoms. The van der Waals surface area contributed by atoms with Gasteiger partial charge in [-0.3, -0.25) is 4.68 Å². The zero-order valence-electron chi connectivity index (χ0n) is 9.74.